The Labute approximate surface area is 106 Å². The Kier molecular flexibility index (Phi) is 3.76. The van der Waals surface area contributed by atoms with Crippen molar-refractivity contribution in [1.29, 1.82) is 0 Å². The van der Waals surface area contributed by atoms with Crippen LogP contribution in [0.3, 0.4) is 0 Å². The van der Waals surface area contributed by atoms with Gasteiger partial charge in [-0.1, -0.05) is 13.3 Å². The molecule has 0 spiro atoms. The second-order valence-electron chi connectivity index (χ2n) is 4.08. The Bertz CT molecular complexity index is 519. The first-order valence-electron chi connectivity index (χ1n) is 6.02. The van der Waals surface area contributed by atoms with Crippen LogP contribution in [-0.2, 0) is 13.5 Å². The van der Waals surface area contributed by atoms with E-state index in [0.717, 1.165) is 35.7 Å². The number of rotatable bonds is 5. The lowest BCUT2D eigenvalue weighted by molar-refractivity contribution is 0.768. The van der Waals surface area contributed by atoms with Gasteiger partial charge >= 0.3 is 0 Å². The van der Waals surface area contributed by atoms with E-state index in [2.05, 4.69) is 32.6 Å². The summed E-state index contributed by atoms with van der Waals surface area (Å²) in [5.74, 6) is 1.71. The molecule has 0 aliphatic rings. The van der Waals surface area contributed by atoms with Gasteiger partial charge in [0, 0.05) is 25.9 Å². The highest BCUT2D eigenvalue weighted by Crippen LogP contribution is 2.24. The maximum absolute atomic E-state index is 4.31. The zero-order chi connectivity index (χ0) is 13.0. The number of aromatic nitrogens is 4. The summed E-state index contributed by atoms with van der Waals surface area (Å²) in [4.78, 5) is 8.55. The minimum atomic E-state index is 0.837. The third kappa shape index (κ3) is 2.58. The molecule has 2 aromatic rings. The molecule has 0 saturated carbocycles. The first kappa shape index (κ1) is 12.3. The van der Waals surface area contributed by atoms with Crippen molar-refractivity contribution in [1.82, 2.24) is 19.7 Å². The standard InChI is InChI=1S/C12H18N6/c1-4-5-10-11(13-2)14-8-15-12(10)17-9-6-16-18(3)7-9/h6-8H,4-5H2,1-3H3,(H2,13,14,15,17). The van der Waals surface area contributed by atoms with Gasteiger partial charge in [-0.2, -0.15) is 5.10 Å². The summed E-state index contributed by atoms with van der Waals surface area (Å²) in [6.45, 7) is 2.14. The highest BCUT2D eigenvalue weighted by molar-refractivity contribution is 5.63. The number of hydrogen-bond donors (Lipinski definition) is 2. The summed E-state index contributed by atoms with van der Waals surface area (Å²) >= 11 is 0. The van der Waals surface area contributed by atoms with E-state index >= 15 is 0 Å². The van der Waals surface area contributed by atoms with Crippen molar-refractivity contribution in [3.63, 3.8) is 0 Å². The van der Waals surface area contributed by atoms with Gasteiger partial charge in [0.1, 0.15) is 18.0 Å². The average molecular weight is 246 g/mol. The molecule has 2 rings (SSSR count). The maximum Gasteiger partial charge on any atom is 0.139 e. The fourth-order valence-corrected chi connectivity index (χ4v) is 1.84. The molecule has 0 fully saturated rings. The fraction of sp³-hybridized carbons (Fsp3) is 0.417. The third-order valence-electron chi connectivity index (χ3n) is 2.65. The zero-order valence-corrected chi connectivity index (χ0v) is 10.9. The molecule has 0 aromatic carbocycles. The molecule has 0 aliphatic carbocycles. The summed E-state index contributed by atoms with van der Waals surface area (Å²) in [6, 6.07) is 0. The van der Waals surface area contributed by atoms with Crippen molar-refractivity contribution in [2.75, 3.05) is 17.7 Å². The van der Waals surface area contributed by atoms with E-state index in [-0.39, 0.29) is 0 Å². The number of anilines is 3. The van der Waals surface area contributed by atoms with Gasteiger partial charge in [-0.3, -0.25) is 4.68 Å². The van der Waals surface area contributed by atoms with E-state index in [0.29, 0.717) is 0 Å². The molecule has 96 valence electrons. The molecule has 2 aromatic heterocycles. The average Bonchev–Trinajstić information content (AvgIpc) is 2.77. The quantitative estimate of drug-likeness (QED) is 0.844. The van der Waals surface area contributed by atoms with Crippen molar-refractivity contribution in [3.05, 3.63) is 24.3 Å². The summed E-state index contributed by atoms with van der Waals surface area (Å²) in [6.07, 6.45) is 7.22. The van der Waals surface area contributed by atoms with Crippen molar-refractivity contribution >= 4 is 17.3 Å². The highest BCUT2D eigenvalue weighted by atomic mass is 15.3. The van der Waals surface area contributed by atoms with Crippen molar-refractivity contribution in [2.45, 2.75) is 19.8 Å². The van der Waals surface area contributed by atoms with Gasteiger partial charge in [0.15, 0.2) is 0 Å². The van der Waals surface area contributed by atoms with E-state index in [9.17, 15) is 0 Å². The first-order chi connectivity index (χ1) is 8.74. The molecule has 2 N–H and O–H groups in total. The molecular formula is C12H18N6. The predicted octanol–water partition coefficient (Wildman–Crippen LogP) is 1.95. The summed E-state index contributed by atoms with van der Waals surface area (Å²) < 4.78 is 1.75. The zero-order valence-electron chi connectivity index (χ0n) is 10.9. The van der Waals surface area contributed by atoms with Crippen LogP contribution >= 0.6 is 0 Å². The molecule has 6 heteroatoms. The Hall–Kier alpha value is -2.11. The van der Waals surface area contributed by atoms with E-state index in [4.69, 9.17) is 0 Å². The SMILES string of the molecule is CCCc1c(NC)ncnc1Nc1cnn(C)c1. The van der Waals surface area contributed by atoms with Crippen LogP contribution in [0.25, 0.3) is 0 Å². The molecule has 0 aliphatic heterocycles. The monoisotopic (exact) mass is 246 g/mol. The highest BCUT2D eigenvalue weighted by Gasteiger charge is 2.10. The molecule has 6 nitrogen and oxygen atoms in total. The Morgan fingerprint density at radius 1 is 1.28 bits per heavy atom. The van der Waals surface area contributed by atoms with Crippen molar-refractivity contribution in [3.8, 4) is 0 Å². The van der Waals surface area contributed by atoms with Crippen LogP contribution in [-0.4, -0.2) is 26.8 Å². The van der Waals surface area contributed by atoms with Gasteiger partial charge in [-0.25, -0.2) is 9.97 Å². The predicted molar refractivity (Wildman–Crippen MR) is 72.1 cm³/mol. The van der Waals surface area contributed by atoms with Gasteiger partial charge in [0.05, 0.1) is 11.9 Å². The molecule has 0 saturated heterocycles. The third-order valence-corrected chi connectivity index (χ3v) is 2.65. The van der Waals surface area contributed by atoms with Crippen LogP contribution in [0.5, 0.6) is 0 Å². The fourth-order valence-electron chi connectivity index (χ4n) is 1.84. The smallest absolute Gasteiger partial charge is 0.139 e. The van der Waals surface area contributed by atoms with Crippen LogP contribution in [0.2, 0.25) is 0 Å². The van der Waals surface area contributed by atoms with E-state index < -0.39 is 0 Å². The van der Waals surface area contributed by atoms with Crippen LogP contribution in [0.4, 0.5) is 17.3 Å². The Morgan fingerprint density at radius 3 is 2.67 bits per heavy atom. The lowest BCUT2D eigenvalue weighted by atomic mass is 10.1. The summed E-state index contributed by atoms with van der Waals surface area (Å²) in [5, 5.41) is 10.5. The maximum atomic E-state index is 4.31. The van der Waals surface area contributed by atoms with E-state index in [1.54, 1.807) is 17.2 Å². The van der Waals surface area contributed by atoms with Crippen molar-refractivity contribution in [2.24, 2.45) is 7.05 Å². The van der Waals surface area contributed by atoms with Gasteiger partial charge in [-0.05, 0) is 6.42 Å². The topological polar surface area (TPSA) is 67.7 Å². The van der Waals surface area contributed by atoms with Gasteiger partial charge < -0.3 is 10.6 Å². The van der Waals surface area contributed by atoms with Gasteiger partial charge in [0.25, 0.3) is 0 Å². The summed E-state index contributed by atoms with van der Waals surface area (Å²) in [7, 11) is 3.76. The second-order valence-corrected chi connectivity index (χ2v) is 4.08. The van der Waals surface area contributed by atoms with Crippen LogP contribution in [0.15, 0.2) is 18.7 Å². The lowest BCUT2D eigenvalue weighted by Gasteiger charge is -2.12. The van der Waals surface area contributed by atoms with Crippen LogP contribution in [0, 0.1) is 0 Å². The molecular weight excluding hydrogens is 228 g/mol. The number of hydrogen-bond acceptors (Lipinski definition) is 5. The van der Waals surface area contributed by atoms with Gasteiger partial charge in [0.2, 0.25) is 0 Å². The van der Waals surface area contributed by atoms with E-state index in [1.807, 2.05) is 20.3 Å². The molecule has 0 amide bonds. The number of nitrogens with one attached hydrogen (secondary N) is 2. The number of nitrogens with zero attached hydrogens (tertiary/aromatic N) is 4. The normalized spacial score (nSPS) is 10.4. The Balaban J connectivity index is 2.31. The minimum Gasteiger partial charge on any atom is -0.373 e. The van der Waals surface area contributed by atoms with Crippen molar-refractivity contribution < 1.29 is 0 Å². The lowest BCUT2D eigenvalue weighted by Crippen LogP contribution is -2.05. The van der Waals surface area contributed by atoms with Crippen LogP contribution < -0.4 is 10.6 Å². The molecule has 0 bridgehead atoms. The first-order valence-corrected chi connectivity index (χ1v) is 6.02. The summed E-state index contributed by atoms with van der Waals surface area (Å²) in [5.41, 5.74) is 2.03. The molecule has 0 atom stereocenters. The van der Waals surface area contributed by atoms with E-state index in [1.165, 1.54) is 0 Å². The molecule has 0 unspecified atom stereocenters. The number of aryl methyl sites for hydroxylation is 1. The van der Waals surface area contributed by atoms with Gasteiger partial charge in [-0.15, -0.1) is 0 Å². The molecule has 18 heavy (non-hydrogen) atoms. The largest absolute Gasteiger partial charge is 0.373 e. The second kappa shape index (κ2) is 5.48. The minimum absolute atomic E-state index is 0.837. The molecule has 0 radical (unpaired) electrons. The molecule has 2 heterocycles. The Morgan fingerprint density at radius 2 is 2.06 bits per heavy atom. The van der Waals surface area contributed by atoms with Crippen LogP contribution in [0.1, 0.15) is 18.9 Å².